The van der Waals surface area contributed by atoms with E-state index in [1.54, 1.807) is 5.38 Å². The second-order valence-electron chi connectivity index (χ2n) is 3.86. The van der Waals surface area contributed by atoms with Crippen LogP contribution in [0.3, 0.4) is 0 Å². The summed E-state index contributed by atoms with van der Waals surface area (Å²) in [5.74, 6) is -0.753. The molecule has 0 saturated heterocycles. The van der Waals surface area contributed by atoms with E-state index < -0.39 is 10.6 Å². The number of halogens is 2. The topological polar surface area (TPSA) is 47.0 Å². The molecule has 2 aromatic rings. The van der Waals surface area contributed by atoms with Gasteiger partial charge in [-0.2, -0.15) is 0 Å². The maximum Gasteiger partial charge on any atom is 0.183 e. The van der Waals surface area contributed by atoms with Crippen molar-refractivity contribution in [1.29, 1.82) is 0 Å². The highest BCUT2D eigenvalue weighted by molar-refractivity contribution is 9.09. The molecule has 1 unspecified atom stereocenters. The summed E-state index contributed by atoms with van der Waals surface area (Å²) >= 11 is 4.50. The highest BCUT2D eigenvalue weighted by Crippen LogP contribution is 2.29. The Labute approximate surface area is 121 Å². The number of alkyl halides is 1. The standard InChI is InChI=1S/C13H9BrFNO2S/c1-7(17)10-6-19-13(16-10)11(14)12(18)8-2-4-9(15)5-3-8/h2-6,11H,1H3. The molecule has 0 bridgehead atoms. The summed E-state index contributed by atoms with van der Waals surface area (Å²) in [6.07, 6.45) is 0. The molecule has 0 aliphatic carbocycles. The van der Waals surface area contributed by atoms with Crippen molar-refractivity contribution in [3.05, 3.63) is 51.7 Å². The van der Waals surface area contributed by atoms with Crippen molar-refractivity contribution in [2.75, 3.05) is 0 Å². The first kappa shape index (κ1) is 14.0. The van der Waals surface area contributed by atoms with E-state index in [4.69, 9.17) is 0 Å². The third-order valence-corrected chi connectivity index (χ3v) is 4.52. The Balaban J connectivity index is 2.22. The van der Waals surface area contributed by atoms with Crippen LogP contribution < -0.4 is 0 Å². The van der Waals surface area contributed by atoms with Crippen molar-refractivity contribution in [3.8, 4) is 0 Å². The molecule has 0 radical (unpaired) electrons. The molecule has 98 valence electrons. The van der Waals surface area contributed by atoms with Crippen LogP contribution in [0, 0.1) is 5.82 Å². The van der Waals surface area contributed by atoms with Crippen LogP contribution in [0.25, 0.3) is 0 Å². The number of carbonyl (C=O) groups excluding carboxylic acids is 2. The SMILES string of the molecule is CC(=O)c1csc(C(Br)C(=O)c2ccc(F)cc2)n1. The number of aromatic nitrogens is 1. The maximum atomic E-state index is 12.8. The number of Topliss-reactive ketones (excluding diaryl/α,β-unsaturated/α-hetero) is 2. The van der Waals surface area contributed by atoms with Gasteiger partial charge in [0.25, 0.3) is 0 Å². The fourth-order valence-electron chi connectivity index (χ4n) is 1.44. The van der Waals surface area contributed by atoms with Crippen molar-refractivity contribution < 1.29 is 14.0 Å². The summed E-state index contributed by atoms with van der Waals surface area (Å²) in [7, 11) is 0. The summed E-state index contributed by atoms with van der Waals surface area (Å²) in [5, 5.41) is 2.13. The lowest BCUT2D eigenvalue weighted by Gasteiger charge is -2.05. The molecule has 1 heterocycles. The maximum absolute atomic E-state index is 12.8. The zero-order valence-electron chi connectivity index (χ0n) is 9.89. The number of hydrogen-bond donors (Lipinski definition) is 0. The van der Waals surface area contributed by atoms with E-state index in [0.29, 0.717) is 16.3 Å². The average Bonchev–Trinajstić information content (AvgIpc) is 2.87. The number of thiazole rings is 1. The van der Waals surface area contributed by atoms with E-state index in [1.807, 2.05) is 0 Å². The predicted molar refractivity (Wildman–Crippen MR) is 74.5 cm³/mol. The highest BCUT2D eigenvalue weighted by atomic mass is 79.9. The Morgan fingerprint density at radius 2 is 1.95 bits per heavy atom. The number of ketones is 2. The highest BCUT2D eigenvalue weighted by Gasteiger charge is 2.22. The van der Waals surface area contributed by atoms with Crippen molar-refractivity contribution in [1.82, 2.24) is 4.98 Å². The van der Waals surface area contributed by atoms with E-state index in [1.165, 1.54) is 42.5 Å². The van der Waals surface area contributed by atoms with Gasteiger partial charge in [-0.15, -0.1) is 11.3 Å². The number of hydrogen-bond acceptors (Lipinski definition) is 4. The minimum absolute atomic E-state index is 0.142. The van der Waals surface area contributed by atoms with Gasteiger partial charge in [-0.05, 0) is 24.3 Å². The Morgan fingerprint density at radius 3 is 2.47 bits per heavy atom. The van der Waals surface area contributed by atoms with Crippen LogP contribution in [0.5, 0.6) is 0 Å². The van der Waals surface area contributed by atoms with E-state index in [-0.39, 0.29) is 11.6 Å². The summed E-state index contributed by atoms with van der Waals surface area (Å²) in [4.78, 5) is 26.8. The normalized spacial score (nSPS) is 12.2. The molecule has 0 spiro atoms. The van der Waals surface area contributed by atoms with E-state index in [9.17, 15) is 14.0 Å². The van der Waals surface area contributed by atoms with Crippen molar-refractivity contribution in [2.24, 2.45) is 0 Å². The monoisotopic (exact) mass is 341 g/mol. The Hall–Kier alpha value is -1.40. The molecule has 2 rings (SSSR count). The number of rotatable bonds is 4. The lowest BCUT2D eigenvalue weighted by atomic mass is 10.1. The first-order valence-electron chi connectivity index (χ1n) is 5.39. The fourth-order valence-corrected chi connectivity index (χ4v) is 2.96. The Kier molecular flexibility index (Phi) is 4.21. The third-order valence-electron chi connectivity index (χ3n) is 2.46. The van der Waals surface area contributed by atoms with Gasteiger partial charge in [0.1, 0.15) is 21.3 Å². The van der Waals surface area contributed by atoms with E-state index in [2.05, 4.69) is 20.9 Å². The first-order valence-corrected chi connectivity index (χ1v) is 7.19. The van der Waals surface area contributed by atoms with Gasteiger partial charge in [0.05, 0.1) is 0 Å². The van der Waals surface area contributed by atoms with Gasteiger partial charge in [-0.1, -0.05) is 15.9 Å². The van der Waals surface area contributed by atoms with Crippen LogP contribution in [0.1, 0.15) is 37.6 Å². The van der Waals surface area contributed by atoms with Gasteiger partial charge in [0, 0.05) is 17.9 Å². The third kappa shape index (κ3) is 3.13. The summed E-state index contributed by atoms with van der Waals surface area (Å²) in [6, 6.07) is 5.31. The van der Waals surface area contributed by atoms with Crippen molar-refractivity contribution >= 4 is 38.8 Å². The van der Waals surface area contributed by atoms with Gasteiger partial charge < -0.3 is 0 Å². The molecule has 0 amide bonds. The summed E-state index contributed by atoms with van der Waals surface area (Å²) in [5.41, 5.74) is 0.735. The molecule has 19 heavy (non-hydrogen) atoms. The summed E-state index contributed by atoms with van der Waals surface area (Å²) < 4.78 is 12.8. The molecule has 1 aromatic heterocycles. The van der Waals surface area contributed by atoms with Crippen LogP contribution in [0.2, 0.25) is 0 Å². The van der Waals surface area contributed by atoms with E-state index in [0.717, 1.165) is 0 Å². The molecule has 0 fully saturated rings. The fraction of sp³-hybridized carbons (Fsp3) is 0.154. The number of benzene rings is 1. The second-order valence-corrected chi connectivity index (χ2v) is 5.67. The molecular formula is C13H9BrFNO2S. The predicted octanol–water partition coefficient (Wildman–Crippen LogP) is 3.80. The molecule has 0 N–H and O–H groups in total. The Morgan fingerprint density at radius 1 is 1.32 bits per heavy atom. The zero-order valence-corrected chi connectivity index (χ0v) is 12.3. The largest absolute Gasteiger partial charge is 0.293 e. The van der Waals surface area contributed by atoms with Gasteiger partial charge in [0.2, 0.25) is 0 Å². The zero-order chi connectivity index (χ0) is 14.0. The minimum atomic E-state index is -0.629. The van der Waals surface area contributed by atoms with Crippen molar-refractivity contribution in [3.63, 3.8) is 0 Å². The molecule has 1 atom stereocenters. The molecule has 3 nitrogen and oxygen atoms in total. The van der Waals surface area contributed by atoms with Crippen LogP contribution in [0.15, 0.2) is 29.6 Å². The smallest absolute Gasteiger partial charge is 0.183 e. The van der Waals surface area contributed by atoms with Gasteiger partial charge in [0.15, 0.2) is 11.6 Å². The molecule has 0 saturated carbocycles. The molecule has 0 aliphatic heterocycles. The minimum Gasteiger partial charge on any atom is -0.293 e. The second kappa shape index (κ2) is 5.71. The van der Waals surface area contributed by atoms with Gasteiger partial charge >= 0.3 is 0 Å². The van der Waals surface area contributed by atoms with Crippen LogP contribution in [-0.2, 0) is 0 Å². The lowest BCUT2D eigenvalue weighted by molar-refractivity contribution is 0.0984. The number of nitrogens with zero attached hydrogens (tertiary/aromatic N) is 1. The quantitative estimate of drug-likeness (QED) is 0.627. The molecular weight excluding hydrogens is 333 g/mol. The summed E-state index contributed by atoms with van der Waals surface area (Å²) in [6.45, 7) is 1.42. The average molecular weight is 342 g/mol. The molecule has 6 heteroatoms. The van der Waals surface area contributed by atoms with Gasteiger partial charge in [-0.25, -0.2) is 9.37 Å². The van der Waals surface area contributed by atoms with Crippen LogP contribution in [-0.4, -0.2) is 16.6 Å². The first-order chi connectivity index (χ1) is 8.99. The molecule has 0 aliphatic rings. The lowest BCUT2D eigenvalue weighted by Crippen LogP contribution is -2.07. The van der Waals surface area contributed by atoms with Gasteiger partial charge in [-0.3, -0.25) is 9.59 Å². The van der Waals surface area contributed by atoms with Crippen LogP contribution >= 0.6 is 27.3 Å². The van der Waals surface area contributed by atoms with Crippen molar-refractivity contribution in [2.45, 2.75) is 11.8 Å². The molecule has 1 aromatic carbocycles. The van der Waals surface area contributed by atoms with E-state index >= 15 is 0 Å². The number of carbonyl (C=O) groups is 2. The Bertz CT molecular complexity index is 624. The van der Waals surface area contributed by atoms with Crippen LogP contribution in [0.4, 0.5) is 4.39 Å².